The van der Waals surface area contributed by atoms with Gasteiger partial charge >= 0.3 is 0 Å². The number of hydrogen-bond acceptors (Lipinski definition) is 4. The first-order chi connectivity index (χ1) is 14.5. The number of anilines is 2. The van der Waals surface area contributed by atoms with Crippen molar-refractivity contribution in [3.8, 4) is 11.3 Å². The minimum Gasteiger partial charge on any atom is -0.451 e. The third kappa shape index (κ3) is 4.78. The lowest BCUT2D eigenvalue weighted by Crippen LogP contribution is -2.33. The molecular formula is C22H19Cl2N3O2S. The van der Waals surface area contributed by atoms with Gasteiger partial charge in [-0.25, -0.2) is 0 Å². The fourth-order valence-electron chi connectivity index (χ4n) is 3.35. The Labute approximate surface area is 190 Å². The van der Waals surface area contributed by atoms with Crippen LogP contribution in [0.1, 0.15) is 23.4 Å². The molecule has 0 saturated carbocycles. The predicted octanol–water partition coefficient (Wildman–Crippen LogP) is 5.98. The monoisotopic (exact) mass is 459 g/mol. The summed E-state index contributed by atoms with van der Waals surface area (Å²) in [5.74, 6) is 0.153. The van der Waals surface area contributed by atoms with Crippen LogP contribution in [0.3, 0.4) is 0 Å². The molecule has 2 heterocycles. The van der Waals surface area contributed by atoms with E-state index in [9.17, 15) is 4.79 Å². The lowest BCUT2D eigenvalue weighted by molar-refractivity contribution is 0.0951. The zero-order valence-corrected chi connectivity index (χ0v) is 18.3. The molecule has 4 rings (SSSR count). The fourth-order valence-corrected chi connectivity index (χ4v) is 4.06. The molecule has 1 aromatic heterocycles. The van der Waals surface area contributed by atoms with E-state index < -0.39 is 5.91 Å². The minimum absolute atomic E-state index is 0.129. The van der Waals surface area contributed by atoms with E-state index in [4.69, 9.17) is 39.8 Å². The Balaban J connectivity index is 1.37. The molecule has 3 aromatic rings. The normalized spacial score (nSPS) is 13.3. The average Bonchev–Trinajstić information content (AvgIpc) is 3.41. The third-order valence-electron chi connectivity index (χ3n) is 4.85. The minimum atomic E-state index is -0.447. The van der Waals surface area contributed by atoms with E-state index in [1.165, 1.54) is 18.5 Å². The molecule has 154 valence electrons. The Morgan fingerprint density at radius 3 is 2.43 bits per heavy atom. The number of carbonyl (C=O) groups excluding carboxylic acids is 1. The van der Waals surface area contributed by atoms with Crippen LogP contribution in [-0.2, 0) is 0 Å². The summed E-state index contributed by atoms with van der Waals surface area (Å²) in [4.78, 5) is 14.8. The van der Waals surface area contributed by atoms with E-state index in [2.05, 4.69) is 15.5 Å². The van der Waals surface area contributed by atoms with Crippen molar-refractivity contribution in [1.29, 1.82) is 0 Å². The van der Waals surface area contributed by atoms with Gasteiger partial charge in [0.1, 0.15) is 5.76 Å². The van der Waals surface area contributed by atoms with Crippen molar-refractivity contribution in [2.45, 2.75) is 12.8 Å². The van der Waals surface area contributed by atoms with Gasteiger partial charge in [0, 0.05) is 35.1 Å². The molecule has 1 amide bonds. The molecule has 0 aliphatic carbocycles. The van der Waals surface area contributed by atoms with Crippen LogP contribution in [-0.4, -0.2) is 24.1 Å². The Hall–Kier alpha value is -2.54. The first kappa shape index (κ1) is 20.7. The summed E-state index contributed by atoms with van der Waals surface area (Å²) in [6.07, 6.45) is 2.46. The quantitative estimate of drug-likeness (QED) is 0.469. The summed E-state index contributed by atoms with van der Waals surface area (Å²) in [6.45, 7) is 2.18. The van der Waals surface area contributed by atoms with Crippen molar-refractivity contribution in [3.63, 3.8) is 0 Å². The Bertz CT molecular complexity index is 1080. The predicted molar refractivity (Wildman–Crippen MR) is 126 cm³/mol. The number of halogens is 2. The van der Waals surface area contributed by atoms with Gasteiger partial charge in [-0.15, -0.1) is 0 Å². The Kier molecular flexibility index (Phi) is 6.27. The number of nitrogens with one attached hydrogen (secondary N) is 2. The lowest BCUT2D eigenvalue weighted by atomic mass is 10.2. The molecule has 1 saturated heterocycles. The molecule has 1 aliphatic rings. The number of thiocarbonyl (C=S) groups is 1. The summed E-state index contributed by atoms with van der Waals surface area (Å²) in [6, 6.07) is 16.3. The molecule has 8 heteroatoms. The number of furan rings is 1. The van der Waals surface area contributed by atoms with Crippen molar-refractivity contribution in [3.05, 3.63) is 70.4 Å². The molecule has 1 aliphatic heterocycles. The largest absolute Gasteiger partial charge is 0.451 e. The van der Waals surface area contributed by atoms with E-state index in [1.807, 2.05) is 24.3 Å². The van der Waals surface area contributed by atoms with Gasteiger partial charge in [0.05, 0.1) is 5.02 Å². The number of benzene rings is 2. The first-order valence-electron chi connectivity index (χ1n) is 9.52. The van der Waals surface area contributed by atoms with Crippen LogP contribution in [0.15, 0.2) is 59.0 Å². The summed E-state index contributed by atoms with van der Waals surface area (Å²) < 4.78 is 5.64. The molecule has 0 bridgehead atoms. The average molecular weight is 460 g/mol. The number of amides is 1. The standard InChI is InChI=1S/C22H19Cl2N3O2S/c23-14-3-8-17(18(24)13-14)19-9-10-20(29-19)21(28)26-22(30)25-15-4-6-16(7-5-15)27-11-1-2-12-27/h3-10,13H,1-2,11-12H2,(H2,25,26,28,30). The summed E-state index contributed by atoms with van der Waals surface area (Å²) in [5.41, 5.74) is 2.65. The van der Waals surface area contributed by atoms with Gasteiger partial charge < -0.3 is 14.6 Å². The molecule has 1 fully saturated rings. The highest BCUT2D eigenvalue weighted by atomic mass is 35.5. The van der Waals surface area contributed by atoms with Gasteiger partial charge in [-0.1, -0.05) is 23.2 Å². The topological polar surface area (TPSA) is 57.5 Å². The van der Waals surface area contributed by atoms with Gasteiger partial charge in [0.2, 0.25) is 0 Å². The number of nitrogens with zero attached hydrogens (tertiary/aromatic N) is 1. The molecule has 5 nitrogen and oxygen atoms in total. The molecule has 0 atom stereocenters. The Morgan fingerprint density at radius 2 is 1.73 bits per heavy atom. The smallest absolute Gasteiger partial charge is 0.293 e. The number of rotatable bonds is 4. The maximum atomic E-state index is 12.5. The van der Waals surface area contributed by atoms with Gasteiger partial charge in [0.15, 0.2) is 10.9 Å². The molecule has 0 radical (unpaired) electrons. The molecule has 2 aromatic carbocycles. The summed E-state index contributed by atoms with van der Waals surface area (Å²) in [5, 5.41) is 6.80. The van der Waals surface area contributed by atoms with Crippen LogP contribution < -0.4 is 15.5 Å². The second-order valence-electron chi connectivity index (χ2n) is 6.94. The van der Waals surface area contributed by atoms with Crippen molar-refractivity contribution >= 4 is 57.8 Å². The van der Waals surface area contributed by atoms with Crippen LogP contribution in [0.4, 0.5) is 11.4 Å². The third-order valence-corrected chi connectivity index (χ3v) is 5.60. The molecule has 2 N–H and O–H groups in total. The second kappa shape index (κ2) is 9.08. The Morgan fingerprint density at radius 1 is 1.00 bits per heavy atom. The molecular weight excluding hydrogens is 441 g/mol. The van der Waals surface area contributed by atoms with Gasteiger partial charge in [-0.2, -0.15) is 0 Å². The van der Waals surface area contributed by atoms with Crippen molar-refractivity contribution in [2.24, 2.45) is 0 Å². The second-order valence-corrected chi connectivity index (χ2v) is 8.19. The zero-order chi connectivity index (χ0) is 21.1. The number of hydrogen-bond donors (Lipinski definition) is 2. The van der Waals surface area contributed by atoms with Crippen LogP contribution in [0.25, 0.3) is 11.3 Å². The highest BCUT2D eigenvalue weighted by Gasteiger charge is 2.16. The molecule has 0 unspecified atom stereocenters. The summed E-state index contributed by atoms with van der Waals surface area (Å²) >= 11 is 17.4. The van der Waals surface area contributed by atoms with Crippen LogP contribution >= 0.6 is 35.4 Å². The fraction of sp³-hybridized carbons (Fsp3) is 0.182. The molecule has 30 heavy (non-hydrogen) atoms. The maximum absolute atomic E-state index is 12.5. The summed E-state index contributed by atoms with van der Waals surface area (Å²) in [7, 11) is 0. The SMILES string of the molecule is O=C(NC(=S)Nc1ccc(N2CCCC2)cc1)c1ccc(-c2ccc(Cl)cc2Cl)o1. The van der Waals surface area contributed by atoms with Crippen LogP contribution in [0, 0.1) is 0 Å². The van der Waals surface area contributed by atoms with Gasteiger partial charge in [0.25, 0.3) is 5.91 Å². The van der Waals surface area contributed by atoms with E-state index in [-0.39, 0.29) is 10.9 Å². The van der Waals surface area contributed by atoms with Crippen molar-refractivity contribution in [2.75, 3.05) is 23.3 Å². The van der Waals surface area contributed by atoms with Crippen LogP contribution in [0.2, 0.25) is 10.0 Å². The van der Waals surface area contributed by atoms with Gasteiger partial charge in [-0.3, -0.25) is 10.1 Å². The van der Waals surface area contributed by atoms with Crippen molar-refractivity contribution in [1.82, 2.24) is 5.32 Å². The van der Waals surface area contributed by atoms with E-state index in [0.29, 0.717) is 21.4 Å². The van der Waals surface area contributed by atoms with E-state index in [1.54, 1.807) is 30.3 Å². The highest BCUT2D eigenvalue weighted by molar-refractivity contribution is 7.80. The lowest BCUT2D eigenvalue weighted by Gasteiger charge is -2.18. The van der Waals surface area contributed by atoms with E-state index >= 15 is 0 Å². The molecule has 0 spiro atoms. The van der Waals surface area contributed by atoms with Crippen molar-refractivity contribution < 1.29 is 9.21 Å². The zero-order valence-electron chi connectivity index (χ0n) is 16.0. The van der Waals surface area contributed by atoms with Crippen LogP contribution in [0.5, 0.6) is 0 Å². The number of carbonyl (C=O) groups is 1. The van der Waals surface area contributed by atoms with Gasteiger partial charge in [-0.05, 0) is 79.7 Å². The maximum Gasteiger partial charge on any atom is 0.293 e. The van der Waals surface area contributed by atoms with E-state index in [0.717, 1.165) is 18.8 Å². The highest BCUT2D eigenvalue weighted by Crippen LogP contribution is 2.31. The first-order valence-corrected chi connectivity index (χ1v) is 10.7.